The van der Waals surface area contributed by atoms with Crippen LogP contribution in [0.5, 0.6) is 0 Å². The van der Waals surface area contributed by atoms with Crippen molar-refractivity contribution in [2.45, 2.75) is 32.0 Å². The molecule has 1 aromatic rings. The third-order valence-corrected chi connectivity index (χ3v) is 3.51. The molecule has 0 aliphatic heterocycles. The van der Waals surface area contributed by atoms with Crippen LogP contribution < -0.4 is 5.73 Å². The van der Waals surface area contributed by atoms with Crippen molar-refractivity contribution in [1.29, 1.82) is 0 Å². The molecule has 1 heterocycles. The summed E-state index contributed by atoms with van der Waals surface area (Å²) in [4.78, 5) is 22.1. The maximum absolute atomic E-state index is 11.9. The van der Waals surface area contributed by atoms with Gasteiger partial charge in [-0.25, -0.2) is 9.97 Å². The van der Waals surface area contributed by atoms with Gasteiger partial charge >= 0.3 is 0 Å². The van der Waals surface area contributed by atoms with Crippen LogP contribution in [0.25, 0.3) is 0 Å². The summed E-state index contributed by atoms with van der Waals surface area (Å²) in [7, 11) is 1.77. The Labute approximate surface area is 112 Å². The first-order chi connectivity index (χ1) is 8.43. The molecule has 0 bridgehead atoms. The van der Waals surface area contributed by atoms with Crippen LogP contribution in [-0.2, 0) is 4.79 Å². The quantitative estimate of drug-likeness (QED) is 0.637. The lowest BCUT2D eigenvalue weighted by Gasteiger charge is -2.23. The lowest BCUT2D eigenvalue weighted by atomic mass is 10.3. The van der Waals surface area contributed by atoms with Crippen molar-refractivity contribution in [2.75, 3.05) is 19.3 Å². The second kappa shape index (κ2) is 6.70. The number of hydrogen-bond donors (Lipinski definition) is 1. The molecule has 0 aromatic carbocycles. The fourth-order valence-corrected chi connectivity index (χ4v) is 2.26. The zero-order valence-electron chi connectivity index (χ0n) is 11.3. The third-order valence-electron chi connectivity index (χ3n) is 2.68. The van der Waals surface area contributed by atoms with Crippen molar-refractivity contribution < 1.29 is 4.79 Å². The number of aromatic nitrogens is 2. The summed E-state index contributed by atoms with van der Waals surface area (Å²) >= 11 is 1.36. The van der Waals surface area contributed by atoms with Crippen LogP contribution in [-0.4, -0.2) is 46.2 Å². The molecule has 1 rings (SSSR count). The molecule has 18 heavy (non-hydrogen) atoms. The van der Waals surface area contributed by atoms with Crippen LogP contribution >= 0.6 is 11.8 Å². The van der Waals surface area contributed by atoms with Gasteiger partial charge in [0.1, 0.15) is 0 Å². The Morgan fingerprint density at radius 3 is 2.50 bits per heavy atom. The Morgan fingerprint density at radius 1 is 1.44 bits per heavy atom. The number of aryl methyl sites for hydroxylation is 2. The summed E-state index contributed by atoms with van der Waals surface area (Å²) in [6.45, 7) is 6.23. The van der Waals surface area contributed by atoms with Gasteiger partial charge in [0.15, 0.2) is 5.16 Å². The van der Waals surface area contributed by atoms with E-state index in [1.54, 1.807) is 11.9 Å². The number of likely N-dealkylation sites (N-methyl/N-ethyl adjacent to an activating group) is 1. The summed E-state index contributed by atoms with van der Waals surface area (Å²) in [5, 5.41) is 0.648. The van der Waals surface area contributed by atoms with Crippen molar-refractivity contribution in [3.05, 3.63) is 17.5 Å². The molecule has 0 saturated heterocycles. The van der Waals surface area contributed by atoms with E-state index >= 15 is 0 Å². The second-order valence-electron chi connectivity index (χ2n) is 4.31. The Hall–Kier alpha value is -1.14. The van der Waals surface area contributed by atoms with E-state index < -0.39 is 0 Å². The molecule has 2 N–H and O–H groups in total. The molecule has 5 nitrogen and oxygen atoms in total. The van der Waals surface area contributed by atoms with Gasteiger partial charge in [0, 0.05) is 31.0 Å². The first kappa shape index (κ1) is 14.9. The standard InChI is InChI=1S/C12H20N4OS/c1-8-5-9(2)15-12(14-8)18-7-11(17)16(4)10(3)6-13/h5,10H,6-7,13H2,1-4H3. The van der Waals surface area contributed by atoms with E-state index in [0.29, 0.717) is 17.5 Å². The second-order valence-corrected chi connectivity index (χ2v) is 5.25. The molecule has 0 spiro atoms. The largest absolute Gasteiger partial charge is 0.341 e. The van der Waals surface area contributed by atoms with Crippen molar-refractivity contribution in [1.82, 2.24) is 14.9 Å². The summed E-state index contributed by atoms with van der Waals surface area (Å²) in [5.74, 6) is 0.379. The predicted molar refractivity (Wildman–Crippen MR) is 73.5 cm³/mol. The highest BCUT2D eigenvalue weighted by Crippen LogP contribution is 2.14. The highest BCUT2D eigenvalue weighted by atomic mass is 32.2. The van der Waals surface area contributed by atoms with Crippen molar-refractivity contribution in [3.63, 3.8) is 0 Å². The van der Waals surface area contributed by atoms with E-state index in [4.69, 9.17) is 5.73 Å². The summed E-state index contributed by atoms with van der Waals surface area (Å²) < 4.78 is 0. The smallest absolute Gasteiger partial charge is 0.233 e. The van der Waals surface area contributed by atoms with E-state index in [1.807, 2.05) is 26.8 Å². The minimum Gasteiger partial charge on any atom is -0.341 e. The summed E-state index contributed by atoms with van der Waals surface area (Å²) in [5.41, 5.74) is 7.37. The number of thioether (sulfide) groups is 1. The van der Waals surface area contributed by atoms with E-state index in [-0.39, 0.29) is 11.9 Å². The number of nitrogens with two attached hydrogens (primary N) is 1. The van der Waals surface area contributed by atoms with Gasteiger partial charge < -0.3 is 10.6 Å². The molecule has 1 atom stereocenters. The molecular formula is C12H20N4OS. The molecule has 0 radical (unpaired) electrons. The van der Waals surface area contributed by atoms with Gasteiger partial charge in [0.2, 0.25) is 5.91 Å². The highest BCUT2D eigenvalue weighted by molar-refractivity contribution is 7.99. The van der Waals surface area contributed by atoms with Gasteiger partial charge in [-0.2, -0.15) is 0 Å². The molecule has 1 aromatic heterocycles. The molecule has 1 amide bonds. The normalized spacial score (nSPS) is 12.3. The van der Waals surface area contributed by atoms with Crippen LogP contribution in [0.3, 0.4) is 0 Å². The molecule has 0 saturated carbocycles. The fourth-order valence-electron chi connectivity index (χ4n) is 1.39. The van der Waals surface area contributed by atoms with Crippen LogP contribution in [0.4, 0.5) is 0 Å². The van der Waals surface area contributed by atoms with Crippen LogP contribution in [0, 0.1) is 13.8 Å². The molecule has 1 unspecified atom stereocenters. The topological polar surface area (TPSA) is 72.1 Å². The van der Waals surface area contributed by atoms with Crippen molar-refractivity contribution >= 4 is 17.7 Å². The van der Waals surface area contributed by atoms with Gasteiger partial charge in [-0.1, -0.05) is 11.8 Å². The molecule has 100 valence electrons. The predicted octanol–water partition coefficient (Wildman–Crippen LogP) is 0.991. The molecule has 0 aliphatic rings. The Morgan fingerprint density at radius 2 is 2.00 bits per heavy atom. The van der Waals surface area contributed by atoms with Gasteiger partial charge in [-0.05, 0) is 26.8 Å². The number of amides is 1. The molecule has 0 aliphatic carbocycles. The zero-order chi connectivity index (χ0) is 13.7. The van der Waals surface area contributed by atoms with Crippen LogP contribution in [0.15, 0.2) is 11.2 Å². The molecule has 6 heteroatoms. The van der Waals surface area contributed by atoms with Crippen LogP contribution in [0.1, 0.15) is 18.3 Å². The number of nitrogens with zero attached hydrogens (tertiary/aromatic N) is 3. The van der Waals surface area contributed by atoms with E-state index in [0.717, 1.165) is 11.4 Å². The van der Waals surface area contributed by atoms with Crippen molar-refractivity contribution in [3.8, 4) is 0 Å². The van der Waals surface area contributed by atoms with Gasteiger partial charge in [0.05, 0.1) is 5.75 Å². The Bertz CT molecular complexity index is 404. The first-order valence-electron chi connectivity index (χ1n) is 5.85. The van der Waals surface area contributed by atoms with Gasteiger partial charge in [-0.3, -0.25) is 4.79 Å². The lowest BCUT2D eigenvalue weighted by molar-refractivity contribution is -0.128. The number of hydrogen-bond acceptors (Lipinski definition) is 5. The molecular weight excluding hydrogens is 248 g/mol. The van der Waals surface area contributed by atoms with Gasteiger partial charge in [-0.15, -0.1) is 0 Å². The first-order valence-corrected chi connectivity index (χ1v) is 6.83. The maximum Gasteiger partial charge on any atom is 0.233 e. The summed E-state index contributed by atoms with van der Waals surface area (Å²) in [6.07, 6.45) is 0. The number of carbonyl (C=O) groups is 1. The lowest BCUT2D eigenvalue weighted by Crippen LogP contribution is -2.40. The van der Waals surface area contributed by atoms with Crippen LogP contribution in [0.2, 0.25) is 0 Å². The number of carbonyl (C=O) groups excluding carboxylic acids is 1. The van der Waals surface area contributed by atoms with E-state index in [2.05, 4.69) is 9.97 Å². The Kier molecular flexibility index (Phi) is 5.55. The Balaban J connectivity index is 2.57. The maximum atomic E-state index is 11.9. The zero-order valence-corrected chi connectivity index (χ0v) is 12.1. The molecule has 0 fully saturated rings. The minimum absolute atomic E-state index is 0.0423. The monoisotopic (exact) mass is 268 g/mol. The van der Waals surface area contributed by atoms with E-state index in [9.17, 15) is 4.79 Å². The van der Waals surface area contributed by atoms with E-state index in [1.165, 1.54) is 11.8 Å². The highest BCUT2D eigenvalue weighted by Gasteiger charge is 2.15. The third kappa shape index (κ3) is 4.27. The van der Waals surface area contributed by atoms with Gasteiger partial charge in [0.25, 0.3) is 0 Å². The minimum atomic E-state index is 0.0423. The average Bonchev–Trinajstić information content (AvgIpc) is 2.32. The summed E-state index contributed by atoms with van der Waals surface area (Å²) in [6, 6.07) is 1.97. The SMILES string of the molecule is Cc1cc(C)nc(SCC(=O)N(C)C(C)CN)n1. The fraction of sp³-hybridized carbons (Fsp3) is 0.583. The average molecular weight is 268 g/mol. The van der Waals surface area contributed by atoms with Crippen molar-refractivity contribution in [2.24, 2.45) is 5.73 Å². The number of rotatable bonds is 5.